The zero-order valence-corrected chi connectivity index (χ0v) is 14.6. The number of ether oxygens (including phenoxy) is 2. The van der Waals surface area contributed by atoms with Gasteiger partial charge in [0.15, 0.2) is 6.23 Å². The minimum absolute atomic E-state index is 0.128. The van der Waals surface area contributed by atoms with Gasteiger partial charge in [-0.3, -0.25) is 4.90 Å². The summed E-state index contributed by atoms with van der Waals surface area (Å²) in [5, 5.41) is 32.3. The van der Waals surface area contributed by atoms with Crippen molar-refractivity contribution in [3.63, 3.8) is 0 Å². The summed E-state index contributed by atoms with van der Waals surface area (Å²) in [4.78, 5) is 13.7. The molecule has 4 N–H and O–H groups in total. The Kier molecular flexibility index (Phi) is 7.27. The molecule has 0 aromatic heterocycles. The van der Waals surface area contributed by atoms with Gasteiger partial charge in [0.25, 0.3) is 0 Å². The number of hydrogen-bond acceptors (Lipinski definition) is 6. The van der Waals surface area contributed by atoms with Crippen LogP contribution in [0.25, 0.3) is 0 Å². The Morgan fingerprint density at radius 3 is 2.60 bits per heavy atom. The van der Waals surface area contributed by atoms with Crippen LogP contribution in [0, 0.1) is 0 Å². The van der Waals surface area contributed by atoms with Crippen molar-refractivity contribution in [1.29, 1.82) is 0 Å². The molecule has 140 valence electrons. The number of benzene rings is 1. The predicted molar refractivity (Wildman–Crippen MR) is 90.4 cm³/mol. The molecule has 1 aromatic carbocycles. The second-order valence-electron chi connectivity index (χ2n) is 5.67. The van der Waals surface area contributed by atoms with Gasteiger partial charge < -0.3 is 30.1 Å². The van der Waals surface area contributed by atoms with E-state index in [1.165, 1.54) is 4.90 Å². The number of carbonyl (C=O) groups excluding carboxylic acids is 1. The van der Waals surface area contributed by atoms with Crippen LogP contribution < -0.4 is 10.1 Å². The molecule has 8 nitrogen and oxygen atoms in total. The largest absolute Gasteiger partial charge is 0.497 e. The van der Waals surface area contributed by atoms with Gasteiger partial charge in [-0.15, -0.1) is 11.6 Å². The molecule has 1 aliphatic heterocycles. The van der Waals surface area contributed by atoms with Gasteiger partial charge in [0.2, 0.25) is 0 Å². The van der Waals surface area contributed by atoms with E-state index in [4.69, 9.17) is 21.1 Å². The van der Waals surface area contributed by atoms with Crippen LogP contribution in [0.1, 0.15) is 5.56 Å². The molecule has 1 fully saturated rings. The Labute approximate surface area is 150 Å². The van der Waals surface area contributed by atoms with Crippen molar-refractivity contribution in [2.45, 2.75) is 31.1 Å². The van der Waals surface area contributed by atoms with Gasteiger partial charge in [-0.05, 0) is 17.7 Å². The molecule has 1 saturated heterocycles. The molecule has 2 rings (SSSR count). The molecule has 25 heavy (non-hydrogen) atoms. The fourth-order valence-electron chi connectivity index (χ4n) is 2.53. The maximum absolute atomic E-state index is 12.5. The fraction of sp³-hybridized carbons (Fsp3) is 0.562. The van der Waals surface area contributed by atoms with Crippen LogP contribution in [0.4, 0.5) is 4.79 Å². The van der Waals surface area contributed by atoms with Crippen molar-refractivity contribution in [2.24, 2.45) is 0 Å². The smallest absolute Gasteiger partial charge is 0.319 e. The number of amides is 2. The van der Waals surface area contributed by atoms with Crippen molar-refractivity contribution in [3.05, 3.63) is 29.8 Å². The molecule has 1 heterocycles. The van der Waals surface area contributed by atoms with Gasteiger partial charge in [0.1, 0.15) is 24.1 Å². The van der Waals surface area contributed by atoms with Gasteiger partial charge in [-0.25, -0.2) is 4.79 Å². The van der Waals surface area contributed by atoms with Crippen LogP contribution in [-0.4, -0.2) is 76.9 Å². The number of nitrogens with one attached hydrogen (secondary N) is 1. The molecule has 1 aromatic rings. The van der Waals surface area contributed by atoms with Crippen LogP contribution in [0.5, 0.6) is 5.75 Å². The lowest BCUT2D eigenvalue weighted by Crippen LogP contribution is -2.61. The predicted octanol–water partition coefficient (Wildman–Crippen LogP) is -0.115. The number of hydrogen-bond donors (Lipinski definition) is 4. The summed E-state index contributed by atoms with van der Waals surface area (Å²) in [5.74, 6) is 0.909. The second kappa shape index (κ2) is 9.21. The lowest BCUT2D eigenvalue weighted by molar-refractivity contribution is -0.220. The Morgan fingerprint density at radius 1 is 1.32 bits per heavy atom. The molecular formula is C16H23ClN2O6. The highest BCUT2D eigenvalue weighted by Gasteiger charge is 2.42. The first kappa shape index (κ1) is 19.7. The molecule has 4 atom stereocenters. The lowest BCUT2D eigenvalue weighted by atomic mass is 10.0. The number of aliphatic hydroxyl groups excluding tert-OH is 3. The van der Waals surface area contributed by atoms with Crippen molar-refractivity contribution in [3.8, 4) is 5.75 Å². The van der Waals surface area contributed by atoms with E-state index < -0.39 is 30.6 Å². The van der Waals surface area contributed by atoms with E-state index in [1.54, 1.807) is 31.4 Å². The summed E-state index contributed by atoms with van der Waals surface area (Å²) in [5.41, 5.74) is 0.776. The summed E-state index contributed by atoms with van der Waals surface area (Å²) in [7, 11) is 1.56. The Hall–Kier alpha value is -1.58. The van der Waals surface area contributed by atoms with Gasteiger partial charge in [-0.1, -0.05) is 12.1 Å². The van der Waals surface area contributed by atoms with Crippen molar-refractivity contribution >= 4 is 17.6 Å². The molecule has 0 bridgehead atoms. The highest BCUT2D eigenvalue weighted by atomic mass is 35.5. The van der Waals surface area contributed by atoms with Crippen LogP contribution in [0.2, 0.25) is 0 Å². The molecule has 0 spiro atoms. The number of alkyl halides is 1. The third-order valence-corrected chi connectivity index (χ3v) is 4.11. The molecule has 1 aliphatic rings. The fourth-order valence-corrected chi connectivity index (χ4v) is 2.62. The number of rotatable bonds is 6. The van der Waals surface area contributed by atoms with Crippen LogP contribution in [-0.2, 0) is 11.3 Å². The summed E-state index contributed by atoms with van der Waals surface area (Å²) in [6, 6.07) is 6.56. The van der Waals surface area contributed by atoms with E-state index in [1.807, 2.05) is 0 Å². The van der Waals surface area contributed by atoms with Crippen LogP contribution >= 0.6 is 11.6 Å². The quantitative estimate of drug-likeness (QED) is 0.517. The molecule has 0 radical (unpaired) electrons. The van der Waals surface area contributed by atoms with E-state index in [0.717, 1.165) is 5.56 Å². The van der Waals surface area contributed by atoms with Crippen molar-refractivity contribution in [1.82, 2.24) is 10.2 Å². The van der Waals surface area contributed by atoms with Gasteiger partial charge in [0, 0.05) is 12.4 Å². The minimum atomic E-state index is -1.44. The number of methoxy groups -OCH3 is 1. The third kappa shape index (κ3) is 4.96. The Morgan fingerprint density at radius 2 is 2.00 bits per heavy atom. The number of aliphatic hydroxyl groups is 3. The van der Waals surface area contributed by atoms with Crippen molar-refractivity contribution in [2.75, 3.05) is 26.1 Å². The minimum Gasteiger partial charge on any atom is -0.497 e. The second-order valence-corrected chi connectivity index (χ2v) is 6.05. The van der Waals surface area contributed by atoms with E-state index in [9.17, 15) is 20.1 Å². The first-order valence-corrected chi connectivity index (χ1v) is 8.40. The van der Waals surface area contributed by atoms with Crippen LogP contribution in [0.3, 0.4) is 0 Å². The molecule has 0 saturated carbocycles. The van der Waals surface area contributed by atoms with E-state index in [2.05, 4.69) is 5.32 Å². The number of carbonyl (C=O) groups is 1. The molecule has 9 heteroatoms. The van der Waals surface area contributed by atoms with E-state index >= 15 is 0 Å². The zero-order valence-electron chi connectivity index (χ0n) is 13.8. The highest BCUT2D eigenvalue weighted by molar-refractivity contribution is 6.18. The molecule has 2 amide bonds. The summed E-state index contributed by atoms with van der Waals surface area (Å²) in [6.45, 7) is 0.181. The highest BCUT2D eigenvalue weighted by Crippen LogP contribution is 2.22. The maximum atomic E-state index is 12.5. The monoisotopic (exact) mass is 374 g/mol. The topological polar surface area (TPSA) is 111 Å². The summed E-state index contributed by atoms with van der Waals surface area (Å²) in [6.07, 6.45) is -5.16. The molecular weight excluding hydrogens is 352 g/mol. The van der Waals surface area contributed by atoms with Crippen LogP contribution in [0.15, 0.2) is 24.3 Å². The molecule has 0 aliphatic carbocycles. The van der Waals surface area contributed by atoms with Gasteiger partial charge >= 0.3 is 6.03 Å². The first-order valence-electron chi connectivity index (χ1n) is 7.87. The normalized spacial score (nSPS) is 26.1. The van der Waals surface area contributed by atoms with Crippen molar-refractivity contribution < 1.29 is 29.6 Å². The number of urea groups is 1. The zero-order chi connectivity index (χ0) is 18.4. The van der Waals surface area contributed by atoms with Gasteiger partial charge in [0.05, 0.1) is 20.3 Å². The standard InChI is InChI=1S/C16H23ClN2O6/c1-24-11-4-2-10(3-5-11)8-19(16(23)18-7-6-17)15-14(22)13(21)12(20)9-25-15/h2-5,12-15,20-22H,6-9H2,1H3,(H,18,23)/t12-,13-,14+,15?/m0/s1. The first-order chi connectivity index (χ1) is 12.0. The Balaban J connectivity index is 2.18. The van der Waals surface area contributed by atoms with E-state index in [-0.39, 0.29) is 25.6 Å². The van der Waals surface area contributed by atoms with E-state index in [0.29, 0.717) is 5.75 Å². The number of nitrogens with zero attached hydrogens (tertiary/aromatic N) is 1. The van der Waals surface area contributed by atoms with Gasteiger partial charge in [-0.2, -0.15) is 0 Å². The maximum Gasteiger partial charge on any atom is 0.319 e. The Bertz CT molecular complexity index is 558. The SMILES string of the molecule is COc1ccc(CN(C(=O)NCCCl)C2OC[C@H](O)[C@H](O)[C@H]2O)cc1. The molecule has 1 unspecified atom stereocenters. The lowest BCUT2D eigenvalue weighted by Gasteiger charge is -2.41. The third-order valence-electron chi connectivity index (χ3n) is 3.92. The number of halogens is 1. The summed E-state index contributed by atoms with van der Waals surface area (Å²) >= 11 is 5.60. The average Bonchev–Trinajstić information content (AvgIpc) is 2.63. The average molecular weight is 375 g/mol. The summed E-state index contributed by atoms with van der Waals surface area (Å²) < 4.78 is 10.5.